The summed E-state index contributed by atoms with van der Waals surface area (Å²) in [5, 5.41) is 15.1. The lowest BCUT2D eigenvalue weighted by atomic mass is 10.3. The van der Waals surface area contributed by atoms with Gasteiger partial charge < -0.3 is 15.5 Å². The van der Waals surface area contributed by atoms with E-state index in [0.717, 1.165) is 35.5 Å². The zero-order valence-corrected chi connectivity index (χ0v) is 17.3. The summed E-state index contributed by atoms with van der Waals surface area (Å²) in [5.74, 6) is 0.523. The number of piperazine rings is 1. The van der Waals surface area contributed by atoms with E-state index < -0.39 is 0 Å². The fourth-order valence-electron chi connectivity index (χ4n) is 2.51. The lowest BCUT2D eigenvalue weighted by Crippen LogP contribution is -2.51. The van der Waals surface area contributed by atoms with Gasteiger partial charge in [0, 0.05) is 38.8 Å². The molecule has 26 heavy (non-hydrogen) atoms. The highest BCUT2D eigenvalue weighted by molar-refractivity contribution is 8.01. The van der Waals surface area contributed by atoms with E-state index in [4.69, 9.17) is 0 Å². The molecule has 2 amide bonds. The summed E-state index contributed by atoms with van der Waals surface area (Å²) in [6.07, 6.45) is 1.03. The number of hydrogen-bond acceptors (Lipinski definition) is 8. The van der Waals surface area contributed by atoms with Gasteiger partial charge in [0.05, 0.1) is 12.3 Å². The van der Waals surface area contributed by atoms with Gasteiger partial charge in [0.15, 0.2) is 4.34 Å². The summed E-state index contributed by atoms with van der Waals surface area (Å²) in [5.41, 5.74) is 0. The summed E-state index contributed by atoms with van der Waals surface area (Å²) < 4.78 is 0.806. The van der Waals surface area contributed by atoms with E-state index in [9.17, 15) is 9.59 Å². The highest BCUT2D eigenvalue weighted by Crippen LogP contribution is 2.25. The molecule has 1 fully saturated rings. The van der Waals surface area contributed by atoms with E-state index in [2.05, 4.69) is 32.7 Å². The lowest BCUT2D eigenvalue weighted by molar-refractivity contribution is -0.130. The van der Waals surface area contributed by atoms with Crippen molar-refractivity contribution in [3.63, 3.8) is 0 Å². The van der Waals surface area contributed by atoms with E-state index >= 15 is 0 Å². The molecule has 0 bridgehead atoms. The number of hydrogen-bond donors (Lipinski definition) is 2. The van der Waals surface area contributed by atoms with E-state index in [1.54, 1.807) is 0 Å². The smallest absolute Gasteiger partial charge is 0.234 e. The first-order chi connectivity index (χ1) is 12.5. The minimum atomic E-state index is 0.0408. The molecule has 1 saturated heterocycles. The molecule has 10 heteroatoms. The molecule has 0 unspecified atom stereocenters. The third-order valence-corrected chi connectivity index (χ3v) is 5.79. The monoisotopic (exact) mass is 400 g/mol. The van der Waals surface area contributed by atoms with Crippen molar-refractivity contribution in [3.05, 3.63) is 0 Å². The van der Waals surface area contributed by atoms with Crippen molar-refractivity contribution in [3.8, 4) is 0 Å². The Labute approximate surface area is 163 Å². The third-order valence-electron chi connectivity index (χ3n) is 3.79. The van der Waals surface area contributed by atoms with Gasteiger partial charge in [-0.15, -0.1) is 10.2 Å². The molecule has 1 aromatic heterocycles. The molecule has 1 aliphatic heterocycles. The Morgan fingerprint density at radius 1 is 1.23 bits per heavy atom. The predicted molar refractivity (Wildman–Crippen MR) is 106 cm³/mol. The summed E-state index contributed by atoms with van der Waals surface area (Å²) in [6.45, 7) is 10.0. The normalized spacial score (nSPS) is 15.3. The first-order valence-electron chi connectivity index (χ1n) is 8.97. The van der Waals surface area contributed by atoms with Crippen LogP contribution in [0.1, 0.15) is 27.2 Å². The molecule has 0 atom stereocenters. The Balaban J connectivity index is 1.68. The fourth-order valence-corrected chi connectivity index (χ4v) is 4.19. The topological polar surface area (TPSA) is 90.5 Å². The summed E-state index contributed by atoms with van der Waals surface area (Å²) >= 11 is 2.91. The van der Waals surface area contributed by atoms with Crippen molar-refractivity contribution in [2.75, 3.05) is 50.3 Å². The van der Waals surface area contributed by atoms with Gasteiger partial charge >= 0.3 is 0 Å². The van der Waals surface area contributed by atoms with Crippen molar-refractivity contribution in [2.45, 2.75) is 37.6 Å². The molecule has 2 heterocycles. The number of carbonyl (C=O) groups is 2. The van der Waals surface area contributed by atoms with Gasteiger partial charge in [-0.3, -0.25) is 14.5 Å². The van der Waals surface area contributed by atoms with Gasteiger partial charge in [-0.2, -0.15) is 0 Å². The van der Waals surface area contributed by atoms with E-state index in [-0.39, 0.29) is 17.9 Å². The average molecular weight is 401 g/mol. The quantitative estimate of drug-likeness (QED) is 0.600. The van der Waals surface area contributed by atoms with Crippen molar-refractivity contribution < 1.29 is 9.59 Å². The highest BCUT2D eigenvalue weighted by Gasteiger charge is 2.22. The van der Waals surface area contributed by atoms with Gasteiger partial charge in [-0.05, 0) is 20.3 Å². The Bertz CT molecular complexity index is 587. The molecular weight excluding hydrogens is 372 g/mol. The van der Waals surface area contributed by atoms with Crippen LogP contribution in [0.2, 0.25) is 0 Å². The average Bonchev–Trinajstić information content (AvgIpc) is 3.05. The van der Waals surface area contributed by atoms with Crippen molar-refractivity contribution in [1.82, 2.24) is 25.3 Å². The van der Waals surface area contributed by atoms with Gasteiger partial charge in [-0.1, -0.05) is 30.0 Å². The minimum Gasteiger partial charge on any atom is -0.360 e. The second kappa shape index (κ2) is 10.7. The molecule has 0 saturated carbocycles. The zero-order valence-electron chi connectivity index (χ0n) is 15.7. The number of nitrogens with zero attached hydrogens (tertiary/aromatic N) is 4. The predicted octanol–water partition coefficient (Wildman–Crippen LogP) is 1.12. The first-order valence-corrected chi connectivity index (χ1v) is 10.8. The Morgan fingerprint density at radius 3 is 2.62 bits per heavy atom. The Kier molecular flexibility index (Phi) is 8.60. The molecule has 1 aromatic rings. The summed E-state index contributed by atoms with van der Waals surface area (Å²) in [7, 11) is 0. The van der Waals surface area contributed by atoms with Crippen molar-refractivity contribution in [2.24, 2.45) is 0 Å². The largest absolute Gasteiger partial charge is 0.360 e. The maximum Gasteiger partial charge on any atom is 0.234 e. The van der Waals surface area contributed by atoms with Crippen LogP contribution in [0, 0.1) is 0 Å². The van der Waals surface area contributed by atoms with Gasteiger partial charge in [0.1, 0.15) is 0 Å². The van der Waals surface area contributed by atoms with Gasteiger partial charge in [-0.25, -0.2) is 0 Å². The van der Waals surface area contributed by atoms with Gasteiger partial charge in [0.25, 0.3) is 0 Å². The number of rotatable bonds is 9. The molecular formula is C16H28N6O2S2. The molecule has 2 rings (SSSR count). The minimum absolute atomic E-state index is 0.0408. The standard InChI is InChI=1S/C16H28N6O2S2/c1-4-5-17-15-19-20-16(26-15)25-11-14(24)22-8-6-21(7-9-22)10-13(23)18-12(2)3/h12H,4-11H2,1-3H3,(H,17,19)(H,18,23). The fraction of sp³-hybridized carbons (Fsp3) is 0.750. The SMILES string of the molecule is CCCNc1nnc(SCC(=O)N2CCN(CC(=O)NC(C)C)CC2)s1. The van der Waals surface area contributed by atoms with Crippen molar-refractivity contribution >= 4 is 40.0 Å². The molecule has 0 aliphatic carbocycles. The van der Waals surface area contributed by atoms with Crippen LogP contribution in [0.15, 0.2) is 4.34 Å². The van der Waals surface area contributed by atoms with Crippen LogP contribution < -0.4 is 10.6 Å². The second-order valence-electron chi connectivity index (χ2n) is 6.47. The van der Waals surface area contributed by atoms with E-state index in [1.165, 1.54) is 23.1 Å². The maximum absolute atomic E-state index is 12.4. The van der Waals surface area contributed by atoms with Crippen LogP contribution in [0.25, 0.3) is 0 Å². The van der Waals surface area contributed by atoms with Crippen LogP contribution >= 0.6 is 23.1 Å². The Morgan fingerprint density at radius 2 is 1.96 bits per heavy atom. The molecule has 0 radical (unpaired) electrons. The molecule has 1 aliphatic rings. The molecule has 0 aromatic carbocycles. The van der Waals surface area contributed by atoms with Crippen LogP contribution in [0.5, 0.6) is 0 Å². The summed E-state index contributed by atoms with van der Waals surface area (Å²) in [4.78, 5) is 28.1. The van der Waals surface area contributed by atoms with Crippen LogP contribution in [0.4, 0.5) is 5.13 Å². The number of nitrogens with one attached hydrogen (secondary N) is 2. The van der Waals surface area contributed by atoms with Crippen LogP contribution in [-0.2, 0) is 9.59 Å². The van der Waals surface area contributed by atoms with Gasteiger partial charge in [0.2, 0.25) is 16.9 Å². The van der Waals surface area contributed by atoms with E-state index in [1.807, 2.05) is 18.7 Å². The molecule has 0 spiro atoms. The highest BCUT2D eigenvalue weighted by atomic mass is 32.2. The number of amides is 2. The third kappa shape index (κ3) is 7.08. The lowest BCUT2D eigenvalue weighted by Gasteiger charge is -2.34. The molecule has 8 nitrogen and oxygen atoms in total. The van der Waals surface area contributed by atoms with Crippen LogP contribution in [0.3, 0.4) is 0 Å². The molecule has 2 N–H and O–H groups in total. The zero-order chi connectivity index (χ0) is 18.9. The number of aromatic nitrogens is 2. The second-order valence-corrected chi connectivity index (χ2v) is 8.67. The number of anilines is 1. The van der Waals surface area contributed by atoms with Crippen LogP contribution in [-0.4, -0.2) is 82.9 Å². The maximum atomic E-state index is 12.4. The Hall–Kier alpha value is -1.39. The summed E-state index contributed by atoms with van der Waals surface area (Å²) in [6, 6.07) is 0.153. The number of thioether (sulfide) groups is 1. The van der Waals surface area contributed by atoms with Crippen molar-refractivity contribution in [1.29, 1.82) is 0 Å². The first kappa shape index (κ1) is 20.9. The van der Waals surface area contributed by atoms with E-state index in [0.29, 0.717) is 25.4 Å². The number of carbonyl (C=O) groups excluding carboxylic acids is 2. The molecule has 146 valence electrons.